The molecule has 2 heteroatoms. The maximum atomic E-state index is 13.4. The lowest BCUT2D eigenvalue weighted by Crippen LogP contribution is -2.16. The van der Waals surface area contributed by atoms with Crippen LogP contribution in [0.4, 0.5) is 8.78 Å². The highest BCUT2D eigenvalue weighted by molar-refractivity contribution is 5.22. The van der Waals surface area contributed by atoms with Gasteiger partial charge in [-0.3, -0.25) is 0 Å². The summed E-state index contributed by atoms with van der Waals surface area (Å²) in [5, 5.41) is 0. The molecule has 0 saturated heterocycles. The van der Waals surface area contributed by atoms with Crippen molar-refractivity contribution < 1.29 is 8.78 Å². The van der Waals surface area contributed by atoms with E-state index in [1.165, 1.54) is 76.3 Å². The number of halogens is 2. The summed E-state index contributed by atoms with van der Waals surface area (Å²) in [5.41, 5.74) is 0.864. The number of hydrogen-bond donors (Lipinski definition) is 0. The molecule has 1 aromatic rings. The van der Waals surface area contributed by atoms with E-state index in [1.807, 2.05) is 0 Å². The molecule has 3 rings (SSSR count). The van der Waals surface area contributed by atoms with Crippen LogP contribution in [0.5, 0.6) is 0 Å². The minimum absolute atomic E-state index is 0.353. The zero-order valence-electron chi connectivity index (χ0n) is 15.8. The van der Waals surface area contributed by atoms with Crippen molar-refractivity contribution in [2.75, 3.05) is 0 Å². The summed E-state index contributed by atoms with van der Waals surface area (Å²) in [6.45, 7) is 2.33. The molecule has 0 aliphatic heterocycles. The predicted octanol–water partition coefficient (Wildman–Crippen LogP) is 7.63. The van der Waals surface area contributed by atoms with Gasteiger partial charge in [-0.25, -0.2) is 8.78 Å². The molecule has 0 amide bonds. The van der Waals surface area contributed by atoms with Gasteiger partial charge < -0.3 is 0 Å². The minimum atomic E-state index is -0.435. The normalized spacial score (nSPS) is 30.4. The zero-order valence-corrected chi connectivity index (χ0v) is 15.8. The highest BCUT2D eigenvalue weighted by atomic mass is 19.1. The van der Waals surface area contributed by atoms with Crippen LogP contribution in [0.15, 0.2) is 18.2 Å². The molecule has 0 aromatic heterocycles. The summed E-state index contributed by atoms with van der Waals surface area (Å²) in [5.74, 6) is 2.30. The Morgan fingerprint density at radius 1 is 0.720 bits per heavy atom. The van der Waals surface area contributed by atoms with Gasteiger partial charge in [-0.2, -0.15) is 0 Å². The van der Waals surface area contributed by atoms with Crippen LogP contribution in [0.2, 0.25) is 0 Å². The van der Waals surface area contributed by atoms with E-state index in [0.717, 1.165) is 42.2 Å². The summed E-state index contributed by atoms with van der Waals surface area (Å²) in [6.07, 6.45) is 16.0. The van der Waals surface area contributed by atoms with Gasteiger partial charge in [-0.1, -0.05) is 58.3 Å². The maximum absolute atomic E-state index is 13.4. The lowest BCUT2D eigenvalue weighted by molar-refractivity contribution is 0.241. The molecule has 2 aliphatic rings. The second kappa shape index (κ2) is 9.14. The van der Waals surface area contributed by atoms with Gasteiger partial charge in [0.2, 0.25) is 0 Å². The first-order chi connectivity index (χ1) is 12.1. The molecule has 25 heavy (non-hydrogen) atoms. The highest BCUT2D eigenvalue weighted by Gasteiger charge is 2.24. The van der Waals surface area contributed by atoms with E-state index in [0.29, 0.717) is 5.92 Å². The van der Waals surface area contributed by atoms with Crippen LogP contribution >= 0.6 is 0 Å². The third-order valence-electron chi connectivity index (χ3n) is 6.97. The van der Waals surface area contributed by atoms with Crippen LogP contribution in [0.25, 0.3) is 0 Å². The van der Waals surface area contributed by atoms with Crippen LogP contribution in [0.1, 0.15) is 95.5 Å². The Hall–Kier alpha value is -0.920. The van der Waals surface area contributed by atoms with Gasteiger partial charge in [0, 0.05) is 6.07 Å². The molecule has 0 heterocycles. The van der Waals surface area contributed by atoms with Crippen molar-refractivity contribution in [1.29, 1.82) is 0 Å². The third-order valence-corrected chi connectivity index (χ3v) is 6.97. The van der Waals surface area contributed by atoms with Gasteiger partial charge in [-0.05, 0) is 67.1 Å². The van der Waals surface area contributed by atoms with Crippen LogP contribution in [0, 0.1) is 29.4 Å². The largest absolute Gasteiger partial charge is 0.207 e. The number of rotatable bonds is 6. The third kappa shape index (κ3) is 5.53. The van der Waals surface area contributed by atoms with Crippen LogP contribution in [0.3, 0.4) is 0 Å². The van der Waals surface area contributed by atoms with Crippen molar-refractivity contribution in [2.24, 2.45) is 17.8 Å². The van der Waals surface area contributed by atoms with E-state index in [1.54, 1.807) is 0 Å². The van der Waals surface area contributed by atoms with E-state index >= 15 is 0 Å². The van der Waals surface area contributed by atoms with Crippen molar-refractivity contribution in [1.82, 2.24) is 0 Å². The Balaban J connectivity index is 1.35. The van der Waals surface area contributed by atoms with Gasteiger partial charge in [0.25, 0.3) is 0 Å². The molecule has 0 atom stereocenters. The molecule has 2 fully saturated rings. The van der Waals surface area contributed by atoms with E-state index in [4.69, 9.17) is 0 Å². The molecule has 0 N–H and O–H groups in total. The first-order valence-corrected chi connectivity index (χ1v) is 10.6. The van der Waals surface area contributed by atoms with Gasteiger partial charge in [0.1, 0.15) is 11.6 Å². The molecule has 2 saturated carbocycles. The Morgan fingerprint density at radius 3 is 1.72 bits per heavy atom. The first-order valence-electron chi connectivity index (χ1n) is 10.6. The van der Waals surface area contributed by atoms with Crippen LogP contribution < -0.4 is 0 Å². The van der Waals surface area contributed by atoms with E-state index in [2.05, 4.69) is 6.92 Å². The average Bonchev–Trinajstić information content (AvgIpc) is 2.62. The first kappa shape index (κ1) is 18.9. The van der Waals surface area contributed by atoms with Crippen molar-refractivity contribution in [2.45, 2.75) is 89.9 Å². The summed E-state index contributed by atoms with van der Waals surface area (Å²) in [7, 11) is 0. The minimum Gasteiger partial charge on any atom is -0.207 e. The smallest absolute Gasteiger partial charge is 0.126 e. The lowest BCUT2D eigenvalue weighted by atomic mass is 9.75. The maximum Gasteiger partial charge on any atom is 0.126 e. The second-order valence-corrected chi connectivity index (χ2v) is 8.65. The fraction of sp³-hybridized carbons (Fsp3) is 0.739. The Kier molecular flexibility index (Phi) is 6.90. The lowest BCUT2D eigenvalue weighted by Gasteiger charge is -2.30. The van der Waals surface area contributed by atoms with Crippen molar-refractivity contribution in [3.05, 3.63) is 35.4 Å². The Bertz CT molecular complexity index is 503. The molecular formula is C23H34F2. The standard InChI is InChI=1S/C23H34F2/c1-2-17-6-8-18(9-7-17)4-3-5-19-10-12-20(13-11-19)21-14-22(24)16-23(25)15-21/h14-20H,2-13H2,1H3. The quantitative estimate of drug-likeness (QED) is 0.496. The highest BCUT2D eigenvalue weighted by Crippen LogP contribution is 2.39. The second-order valence-electron chi connectivity index (χ2n) is 8.65. The summed E-state index contributed by atoms with van der Waals surface area (Å²) < 4.78 is 26.8. The molecule has 0 nitrogen and oxygen atoms in total. The summed E-state index contributed by atoms with van der Waals surface area (Å²) in [6, 6.07) is 4.03. The average molecular weight is 349 g/mol. The fourth-order valence-electron chi connectivity index (χ4n) is 5.22. The van der Waals surface area contributed by atoms with Crippen LogP contribution in [-0.2, 0) is 0 Å². The van der Waals surface area contributed by atoms with E-state index in [9.17, 15) is 8.78 Å². The molecule has 0 unspecified atom stereocenters. The molecule has 2 aliphatic carbocycles. The Labute approximate surface area is 152 Å². The SMILES string of the molecule is CCC1CCC(CCCC2CCC(c3cc(F)cc(F)c3)CC2)CC1. The topological polar surface area (TPSA) is 0 Å². The van der Waals surface area contributed by atoms with Crippen molar-refractivity contribution in [3.63, 3.8) is 0 Å². The summed E-state index contributed by atoms with van der Waals surface area (Å²) in [4.78, 5) is 0. The van der Waals surface area contributed by atoms with E-state index < -0.39 is 11.6 Å². The fourth-order valence-corrected chi connectivity index (χ4v) is 5.22. The number of hydrogen-bond acceptors (Lipinski definition) is 0. The molecule has 140 valence electrons. The molecular weight excluding hydrogens is 314 g/mol. The van der Waals surface area contributed by atoms with Gasteiger partial charge in [-0.15, -0.1) is 0 Å². The molecule has 0 radical (unpaired) electrons. The Morgan fingerprint density at radius 2 is 1.20 bits per heavy atom. The molecule has 0 spiro atoms. The predicted molar refractivity (Wildman–Crippen MR) is 101 cm³/mol. The van der Waals surface area contributed by atoms with Gasteiger partial charge in [0.05, 0.1) is 0 Å². The zero-order chi connectivity index (χ0) is 17.6. The van der Waals surface area contributed by atoms with Crippen LogP contribution in [-0.4, -0.2) is 0 Å². The number of benzene rings is 1. The van der Waals surface area contributed by atoms with Gasteiger partial charge in [0.15, 0.2) is 0 Å². The van der Waals surface area contributed by atoms with Crippen molar-refractivity contribution >= 4 is 0 Å². The molecule has 0 bridgehead atoms. The van der Waals surface area contributed by atoms with Gasteiger partial charge >= 0.3 is 0 Å². The molecule has 1 aromatic carbocycles. The van der Waals surface area contributed by atoms with E-state index in [-0.39, 0.29) is 0 Å². The monoisotopic (exact) mass is 348 g/mol. The summed E-state index contributed by atoms with van der Waals surface area (Å²) >= 11 is 0. The van der Waals surface area contributed by atoms with Crippen molar-refractivity contribution in [3.8, 4) is 0 Å².